The van der Waals surface area contributed by atoms with E-state index in [2.05, 4.69) is 12.2 Å². The minimum Gasteiger partial charge on any atom is -0.496 e. The average Bonchev–Trinajstić information content (AvgIpc) is 2.37. The molecule has 2 atom stereocenters. The SMILES string of the molecule is COCC1NC(C)Cc2c(OC)ccc(OC)c21. The Morgan fingerprint density at radius 3 is 2.44 bits per heavy atom. The van der Waals surface area contributed by atoms with Crippen molar-refractivity contribution in [3.63, 3.8) is 0 Å². The summed E-state index contributed by atoms with van der Waals surface area (Å²) in [5.74, 6) is 1.83. The van der Waals surface area contributed by atoms with Gasteiger partial charge >= 0.3 is 0 Å². The molecule has 1 aliphatic rings. The first-order valence-corrected chi connectivity index (χ1v) is 6.20. The number of methoxy groups -OCH3 is 3. The van der Waals surface area contributed by atoms with Gasteiger partial charge in [-0.1, -0.05) is 0 Å². The molecule has 4 nitrogen and oxygen atoms in total. The Hall–Kier alpha value is -1.26. The van der Waals surface area contributed by atoms with E-state index >= 15 is 0 Å². The Labute approximate surface area is 108 Å². The minimum atomic E-state index is 0.152. The fourth-order valence-corrected chi connectivity index (χ4v) is 2.68. The summed E-state index contributed by atoms with van der Waals surface area (Å²) in [4.78, 5) is 0. The van der Waals surface area contributed by atoms with Crippen LogP contribution >= 0.6 is 0 Å². The highest BCUT2D eigenvalue weighted by atomic mass is 16.5. The molecule has 1 N–H and O–H groups in total. The number of hydrogen-bond acceptors (Lipinski definition) is 4. The standard InChI is InChI=1S/C14H21NO3/c1-9-7-10-12(17-3)5-6-13(18-4)14(10)11(15-9)8-16-2/h5-6,9,11,15H,7-8H2,1-4H3. The van der Waals surface area contributed by atoms with Crippen LogP contribution < -0.4 is 14.8 Å². The van der Waals surface area contributed by atoms with E-state index in [-0.39, 0.29) is 6.04 Å². The van der Waals surface area contributed by atoms with Gasteiger partial charge in [0.2, 0.25) is 0 Å². The third-order valence-corrected chi connectivity index (χ3v) is 3.39. The molecule has 2 unspecified atom stereocenters. The van der Waals surface area contributed by atoms with Gasteiger partial charge in [-0.15, -0.1) is 0 Å². The van der Waals surface area contributed by atoms with E-state index in [0.29, 0.717) is 12.6 Å². The first kappa shape index (κ1) is 13.2. The minimum absolute atomic E-state index is 0.152. The van der Waals surface area contributed by atoms with E-state index in [4.69, 9.17) is 14.2 Å². The highest BCUT2D eigenvalue weighted by Gasteiger charge is 2.29. The van der Waals surface area contributed by atoms with Crippen molar-refractivity contribution >= 4 is 0 Å². The zero-order valence-electron chi connectivity index (χ0n) is 11.4. The second kappa shape index (κ2) is 5.59. The molecule has 2 rings (SSSR count). The third kappa shape index (κ3) is 2.31. The molecule has 1 heterocycles. The fourth-order valence-electron chi connectivity index (χ4n) is 2.68. The smallest absolute Gasteiger partial charge is 0.124 e. The Kier molecular flexibility index (Phi) is 4.09. The Morgan fingerprint density at radius 2 is 1.83 bits per heavy atom. The maximum absolute atomic E-state index is 5.47. The summed E-state index contributed by atoms with van der Waals surface area (Å²) in [6.45, 7) is 2.80. The molecule has 0 saturated heterocycles. The summed E-state index contributed by atoms with van der Waals surface area (Å²) in [5.41, 5.74) is 2.39. The lowest BCUT2D eigenvalue weighted by Crippen LogP contribution is -2.39. The van der Waals surface area contributed by atoms with E-state index in [1.54, 1.807) is 21.3 Å². The Balaban J connectivity index is 2.51. The second-order valence-electron chi connectivity index (χ2n) is 4.64. The van der Waals surface area contributed by atoms with E-state index < -0.39 is 0 Å². The van der Waals surface area contributed by atoms with Crippen molar-refractivity contribution in [2.24, 2.45) is 0 Å². The lowest BCUT2D eigenvalue weighted by Gasteiger charge is -2.33. The Morgan fingerprint density at radius 1 is 1.17 bits per heavy atom. The van der Waals surface area contributed by atoms with Crippen molar-refractivity contribution in [2.45, 2.75) is 25.4 Å². The summed E-state index contributed by atoms with van der Waals surface area (Å²) in [5, 5.41) is 3.54. The number of benzene rings is 1. The van der Waals surface area contributed by atoms with Gasteiger partial charge in [0, 0.05) is 24.3 Å². The zero-order chi connectivity index (χ0) is 13.1. The largest absolute Gasteiger partial charge is 0.496 e. The molecule has 4 heteroatoms. The molecule has 0 saturated carbocycles. The second-order valence-corrected chi connectivity index (χ2v) is 4.64. The molecule has 18 heavy (non-hydrogen) atoms. The topological polar surface area (TPSA) is 39.7 Å². The number of ether oxygens (including phenoxy) is 3. The van der Waals surface area contributed by atoms with E-state index in [9.17, 15) is 0 Å². The van der Waals surface area contributed by atoms with Crippen LogP contribution in [0.1, 0.15) is 24.1 Å². The molecular formula is C14H21NO3. The van der Waals surface area contributed by atoms with Crippen LogP contribution in [0.5, 0.6) is 11.5 Å². The summed E-state index contributed by atoms with van der Waals surface area (Å²) >= 11 is 0. The lowest BCUT2D eigenvalue weighted by molar-refractivity contribution is 0.155. The molecule has 0 radical (unpaired) electrons. The number of nitrogens with one attached hydrogen (secondary N) is 1. The molecular weight excluding hydrogens is 230 g/mol. The first-order chi connectivity index (χ1) is 8.71. The summed E-state index contributed by atoms with van der Waals surface area (Å²) in [6.07, 6.45) is 0.940. The lowest BCUT2D eigenvalue weighted by atomic mass is 9.89. The van der Waals surface area contributed by atoms with Gasteiger partial charge in [0.25, 0.3) is 0 Å². The van der Waals surface area contributed by atoms with Gasteiger partial charge in [0.15, 0.2) is 0 Å². The van der Waals surface area contributed by atoms with E-state index in [0.717, 1.165) is 23.5 Å². The predicted octanol–water partition coefficient (Wildman–Crippen LogP) is 1.93. The molecule has 0 amide bonds. The molecule has 1 aromatic carbocycles. The zero-order valence-corrected chi connectivity index (χ0v) is 11.4. The van der Waals surface area contributed by atoms with Crippen LogP contribution in [0.2, 0.25) is 0 Å². The highest BCUT2D eigenvalue weighted by Crippen LogP contribution is 2.38. The van der Waals surface area contributed by atoms with Crippen molar-refractivity contribution in [1.29, 1.82) is 0 Å². The maximum atomic E-state index is 5.47. The summed E-state index contributed by atoms with van der Waals surface area (Å²) < 4.78 is 16.2. The van der Waals surface area contributed by atoms with E-state index in [1.807, 2.05) is 12.1 Å². The van der Waals surface area contributed by atoms with Crippen LogP contribution in [0, 0.1) is 0 Å². The van der Waals surface area contributed by atoms with Crippen LogP contribution in [-0.2, 0) is 11.2 Å². The van der Waals surface area contributed by atoms with Gasteiger partial charge in [-0.05, 0) is 25.5 Å². The van der Waals surface area contributed by atoms with Gasteiger partial charge < -0.3 is 19.5 Å². The van der Waals surface area contributed by atoms with Crippen molar-refractivity contribution in [1.82, 2.24) is 5.32 Å². The van der Waals surface area contributed by atoms with Crippen LogP contribution in [0.25, 0.3) is 0 Å². The fraction of sp³-hybridized carbons (Fsp3) is 0.571. The molecule has 0 aromatic heterocycles. The predicted molar refractivity (Wildman–Crippen MR) is 70.5 cm³/mol. The number of hydrogen-bond donors (Lipinski definition) is 1. The van der Waals surface area contributed by atoms with Crippen LogP contribution in [0.3, 0.4) is 0 Å². The highest BCUT2D eigenvalue weighted by molar-refractivity contribution is 5.52. The summed E-state index contributed by atoms with van der Waals surface area (Å²) in [6, 6.07) is 4.48. The summed E-state index contributed by atoms with van der Waals surface area (Å²) in [7, 11) is 5.12. The van der Waals surface area contributed by atoms with Gasteiger partial charge in [0.1, 0.15) is 11.5 Å². The van der Waals surface area contributed by atoms with Gasteiger partial charge in [0.05, 0.1) is 26.9 Å². The molecule has 0 fully saturated rings. The van der Waals surface area contributed by atoms with Crippen LogP contribution in [0.15, 0.2) is 12.1 Å². The quantitative estimate of drug-likeness (QED) is 0.887. The average molecular weight is 251 g/mol. The van der Waals surface area contributed by atoms with Crippen molar-refractivity contribution in [2.75, 3.05) is 27.9 Å². The molecule has 0 aliphatic carbocycles. The van der Waals surface area contributed by atoms with Crippen LogP contribution in [-0.4, -0.2) is 34.0 Å². The van der Waals surface area contributed by atoms with Gasteiger partial charge in [-0.25, -0.2) is 0 Å². The van der Waals surface area contributed by atoms with Crippen molar-refractivity contribution < 1.29 is 14.2 Å². The molecule has 1 aromatic rings. The molecule has 100 valence electrons. The first-order valence-electron chi connectivity index (χ1n) is 6.20. The van der Waals surface area contributed by atoms with Gasteiger partial charge in [-0.2, -0.15) is 0 Å². The van der Waals surface area contributed by atoms with Gasteiger partial charge in [-0.3, -0.25) is 0 Å². The van der Waals surface area contributed by atoms with Crippen molar-refractivity contribution in [3.8, 4) is 11.5 Å². The third-order valence-electron chi connectivity index (χ3n) is 3.39. The molecule has 1 aliphatic heterocycles. The monoisotopic (exact) mass is 251 g/mol. The normalized spacial score (nSPS) is 22.4. The molecule has 0 bridgehead atoms. The van der Waals surface area contributed by atoms with E-state index in [1.165, 1.54) is 5.56 Å². The van der Waals surface area contributed by atoms with Crippen LogP contribution in [0.4, 0.5) is 0 Å². The molecule has 0 spiro atoms. The van der Waals surface area contributed by atoms with Crippen molar-refractivity contribution in [3.05, 3.63) is 23.3 Å². The Bertz CT molecular complexity index is 420. The maximum Gasteiger partial charge on any atom is 0.124 e. The number of rotatable bonds is 4. The number of fused-ring (bicyclic) bond motifs is 1.